The topological polar surface area (TPSA) is 281 Å². The minimum Gasteiger partial charge on any atom is -0.550 e. The van der Waals surface area contributed by atoms with Crippen LogP contribution in [0.3, 0.4) is 0 Å². The van der Waals surface area contributed by atoms with Crippen molar-refractivity contribution in [3.8, 4) is 0 Å². The molecule has 152 valence electrons. The van der Waals surface area contributed by atoms with E-state index >= 15 is 0 Å². The fourth-order valence-corrected chi connectivity index (χ4v) is 1.37. The van der Waals surface area contributed by atoms with Crippen LogP contribution in [0.15, 0.2) is 0 Å². The molecule has 14 nitrogen and oxygen atoms in total. The Morgan fingerprint density at radius 1 is 0.500 bits per heavy atom. The van der Waals surface area contributed by atoms with Crippen LogP contribution in [0.2, 0.25) is 0 Å². The smallest absolute Gasteiger partial charge is 0.550 e. The molecule has 2 N–H and O–H groups in total. The van der Waals surface area contributed by atoms with E-state index in [2.05, 4.69) is 0 Å². The van der Waals surface area contributed by atoms with E-state index in [0.717, 1.165) is 0 Å². The number of rotatable bonds is 10. The Hall–Kier alpha value is -1.49. The summed E-state index contributed by atoms with van der Waals surface area (Å²) in [7, 11) is 0. The zero-order chi connectivity index (χ0) is 21.3. The summed E-state index contributed by atoms with van der Waals surface area (Å²) in [4.78, 5) is 60.0. The van der Waals surface area contributed by atoms with Crippen molar-refractivity contribution in [2.24, 2.45) is 0 Å². The van der Waals surface area contributed by atoms with Crippen LogP contribution >= 0.6 is 0 Å². The predicted molar refractivity (Wildman–Crippen MR) is 69.9 cm³/mol. The van der Waals surface area contributed by atoms with Crippen molar-refractivity contribution < 1.29 is 69.6 Å². The van der Waals surface area contributed by atoms with Crippen molar-refractivity contribution in [3.05, 3.63) is 0 Å². The maximum atomic E-state index is 10.1. The number of carbonyl (C=O) groups is 6. The van der Waals surface area contributed by atoms with E-state index in [9.17, 15) is 59.4 Å². The summed E-state index contributed by atoms with van der Waals surface area (Å²) < 4.78 is 0. The van der Waals surface area contributed by atoms with Crippen LogP contribution in [0.5, 0.6) is 0 Å². The van der Waals surface area contributed by atoms with E-state index in [4.69, 9.17) is 10.2 Å². The summed E-state index contributed by atoms with van der Waals surface area (Å²) >= 11 is 0. The maximum Gasteiger partial charge on any atom is 3.00 e. The molecule has 0 saturated carbocycles. The van der Waals surface area contributed by atoms with Crippen LogP contribution in [0.25, 0.3) is 0 Å². The van der Waals surface area contributed by atoms with Gasteiger partial charge in [0.05, 0.1) is 11.9 Å². The van der Waals surface area contributed by atoms with Crippen molar-refractivity contribution in [2.45, 2.75) is 36.9 Å². The van der Waals surface area contributed by atoms with E-state index in [1.54, 1.807) is 0 Å². The molecule has 0 rings (SSSR count). The molecule has 0 unspecified atom stereocenters. The van der Waals surface area contributed by atoms with Crippen LogP contribution in [0, 0.1) is 0 Å². The summed E-state index contributed by atoms with van der Waals surface area (Å²) in [6.45, 7) is 0. The van der Waals surface area contributed by atoms with Gasteiger partial charge in [-0.1, -0.05) is 0 Å². The van der Waals surface area contributed by atoms with Gasteiger partial charge in [-0.2, -0.15) is 0 Å². The monoisotopic (exact) mass is 796 g/mol. The molecule has 4 radical (unpaired) electrons. The van der Waals surface area contributed by atoms with Gasteiger partial charge >= 0.3 is 52.4 Å². The molecule has 28 heavy (non-hydrogen) atoms. The van der Waals surface area contributed by atoms with Crippen LogP contribution in [0.4, 0.5) is 0 Å². The van der Waals surface area contributed by atoms with Gasteiger partial charge < -0.3 is 69.6 Å². The Kier molecular flexibility index (Phi) is 17.6. The van der Waals surface area contributed by atoms with Crippen LogP contribution in [-0.2, 0) is 28.8 Å². The average molecular weight is 796 g/mol. The molecule has 0 aromatic heterocycles. The van der Waals surface area contributed by atoms with Gasteiger partial charge in [-0.25, -0.2) is 0 Å². The Bertz CT molecular complexity index is 517. The van der Waals surface area contributed by atoms with Gasteiger partial charge in [0.25, 0.3) is 0 Å². The van der Waals surface area contributed by atoms with Gasteiger partial charge in [-0.3, -0.25) is 0 Å². The van der Waals surface area contributed by atoms with Crippen molar-refractivity contribution in [2.75, 3.05) is 0 Å². The van der Waals surface area contributed by atoms with E-state index < -0.39 is 72.7 Å². The molecule has 0 aliphatic rings. The number of hydrogen-bond donors (Lipinski definition) is 2. The second kappa shape index (κ2) is 14.5. The zero-order valence-electron chi connectivity index (χ0n) is 13.5. The van der Waals surface area contributed by atoms with Gasteiger partial charge in [-0.05, 0) is 0 Å². The normalized spacial score (nSPS) is 10.1. The van der Waals surface area contributed by atoms with E-state index in [1.807, 2.05) is 0 Å². The fourth-order valence-electron chi connectivity index (χ4n) is 1.37. The van der Waals surface area contributed by atoms with Gasteiger partial charge in [-0.15, -0.1) is 0 Å². The van der Waals surface area contributed by atoms with E-state index in [1.165, 1.54) is 0 Å². The average Bonchev–Trinajstić information content (AvgIpc) is 2.34. The third-order valence-electron chi connectivity index (χ3n) is 2.51. The molecule has 0 fully saturated rings. The van der Waals surface area contributed by atoms with Crippen molar-refractivity contribution >= 4 is 88.2 Å². The molecule has 0 aromatic carbocycles. The first-order chi connectivity index (χ1) is 11.6. The van der Waals surface area contributed by atoms with Crippen LogP contribution < -0.4 is 30.6 Å². The summed E-state index contributed by atoms with van der Waals surface area (Å²) in [6.07, 6.45) is -5.43. The number of carboxylic acid groups (broad SMARTS) is 6. The van der Waals surface area contributed by atoms with Crippen molar-refractivity contribution in [1.82, 2.24) is 0 Å². The van der Waals surface area contributed by atoms with Crippen LogP contribution in [-0.4, -0.2) is 110 Å². The number of aliphatic hydroxyl groups is 2. The first kappa shape index (κ1) is 34.0. The van der Waals surface area contributed by atoms with Gasteiger partial charge in [0, 0.05) is 49.6 Å². The van der Waals surface area contributed by atoms with Gasteiger partial charge in [0.2, 0.25) is 0 Å². The Morgan fingerprint density at radius 3 is 0.714 bits per heavy atom. The molecule has 0 heterocycles. The first-order valence-corrected chi connectivity index (χ1v) is 6.23. The molecule has 0 aliphatic carbocycles. The largest absolute Gasteiger partial charge is 3.00 e. The van der Waals surface area contributed by atoms with E-state index in [-0.39, 0.29) is 52.4 Å². The predicted octanol–water partition coefficient (Wildman–Crippen LogP) is -11.3. The fraction of sp³-hybridized carbons (Fsp3) is 0.500. The zero-order valence-corrected chi connectivity index (χ0v) is 20.5. The minimum atomic E-state index is -2.97. The van der Waals surface area contributed by atoms with E-state index in [0.29, 0.717) is 0 Å². The maximum absolute atomic E-state index is 10.1. The standard InChI is InChI=1S/2C6H8O7.2Bi/c2*7-3(8)1-6(13,5(11)12)2-4(9)10;;/h2*13H,1-2H2,(H,7,8)(H,9,10)(H,11,12);;/q;;2*+3/p-6. The van der Waals surface area contributed by atoms with Crippen molar-refractivity contribution in [1.29, 1.82) is 0 Å². The molecular weight excluding hydrogens is 786 g/mol. The number of aliphatic carboxylic acids is 6. The summed E-state index contributed by atoms with van der Waals surface area (Å²) in [5.74, 6) is -12.0. The Morgan fingerprint density at radius 2 is 0.643 bits per heavy atom. The van der Waals surface area contributed by atoms with Gasteiger partial charge in [0.1, 0.15) is 11.2 Å². The molecule has 0 atom stereocenters. The third-order valence-corrected chi connectivity index (χ3v) is 2.51. The minimum absolute atomic E-state index is 0. The Balaban J connectivity index is -0.000000192. The quantitative estimate of drug-likeness (QED) is 0.194. The summed E-state index contributed by atoms with van der Waals surface area (Å²) in [6, 6.07) is 0. The molecule has 0 aliphatic heterocycles. The van der Waals surface area contributed by atoms with Crippen LogP contribution in [0.1, 0.15) is 25.7 Å². The third kappa shape index (κ3) is 14.6. The Labute approximate surface area is 194 Å². The summed E-state index contributed by atoms with van der Waals surface area (Å²) in [5.41, 5.74) is -5.95. The number of carboxylic acids is 6. The second-order valence-corrected chi connectivity index (χ2v) is 4.83. The molecular formula is C12H10Bi2O14. The SMILES string of the molecule is O=C([O-])CC(O)(CC(=O)[O-])C(=O)[O-].O=C([O-])CC(O)(CC(=O)[O-])C(=O)[O-].[Bi+3].[Bi+3]. The van der Waals surface area contributed by atoms with Gasteiger partial charge in [0.15, 0.2) is 0 Å². The second-order valence-electron chi connectivity index (χ2n) is 4.83. The number of carbonyl (C=O) groups excluding carboxylic acids is 6. The molecule has 0 saturated heterocycles. The molecule has 0 aromatic rings. The number of hydrogen-bond acceptors (Lipinski definition) is 14. The molecule has 0 spiro atoms. The van der Waals surface area contributed by atoms with Crippen molar-refractivity contribution in [3.63, 3.8) is 0 Å². The first-order valence-electron chi connectivity index (χ1n) is 6.23. The summed E-state index contributed by atoms with van der Waals surface area (Å²) in [5, 5.41) is 77.9. The molecule has 0 bridgehead atoms. The molecule has 0 amide bonds. The molecule has 16 heteroatoms.